The van der Waals surface area contributed by atoms with Gasteiger partial charge in [-0.25, -0.2) is 17.6 Å². The van der Waals surface area contributed by atoms with E-state index in [0.29, 0.717) is 22.8 Å². The van der Waals surface area contributed by atoms with Gasteiger partial charge in [0, 0.05) is 4.88 Å². The van der Waals surface area contributed by atoms with Gasteiger partial charge in [0.2, 0.25) is 0 Å². The predicted octanol–water partition coefficient (Wildman–Crippen LogP) is 3.99. The van der Waals surface area contributed by atoms with E-state index in [1.165, 1.54) is 11.3 Å². The molecule has 0 fully saturated rings. The Bertz CT molecular complexity index is 621. The first-order chi connectivity index (χ1) is 9.42. The minimum Gasteiger partial charge on any atom is -0.297 e. The highest BCUT2D eigenvalue weighted by Crippen LogP contribution is 2.27. The van der Waals surface area contributed by atoms with E-state index in [4.69, 9.17) is 0 Å². The second kappa shape index (κ2) is 5.74. The third-order valence-electron chi connectivity index (χ3n) is 2.75. The van der Waals surface area contributed by atoms with Crippen molar-refractivity contribution in [2.45, 2.75) is 26.3 Å². The fourth-order valence-electron chi connectivity index (χ4n) is 1.78. The molecule has 108 valence electrons. The number of thiophene rings is 1. The highest BCUT2D eigenvalue weighted by molar-refractivity contribution is 7.13. The van der Waals surface area contributed by atoms with E-state index < -0.39 is 24.2 Å². The molecule has 2 aromatic heterocycles. The molecule has 0 N–H and O–H groups in total. The van der Waals surface area contributed by atoms with Gasteiger partial charge in [-0.05, 0) is 24.6 Å². The SMILES string of the molecule is Cc1sc(C=O)cc1Cn1nc(C(F)F)cc1C(F)F. The average Bonchev–Trinajstić information content (AvgIpc) is 2.94. The Hall–Kier alpha value is -1.70. The van der Waals surface area contributed by atoms with E-state index in [0.717, 1.165) is 9.56 Å². The fraction of sp³-hybridized carbons (Fsp3) is 0.333. The summed E-state index contributed by atoms with van der Waals surface area (Å²) in [5, 5.41) is 3.51. The van der Waals surface area contributed by atoms with Gasteiger partial charge in [0.05, 0.1) is 11.4 Å². The molecule has 2 aromatic rings. The molecule has 8 heteroatoms. The van der Waals surface area contributed by atoms with Gasteiger partial charge in [0.15, 0.2) is 6.29 Å². The number of nitrogens with zero attached hydrogens (tertiary/aromatic N) is 2. The van der Waals surface area contributed by atoms with Crippen LogP contribution in [0.4, 0.5) is 17.6 Å². The summed E-state index contributed by atoms with van der Waals surface area (Å²) in [6.07, 6.45) is -5.13. The largest absolute Gasteiger partial charge is 0.297 e. The van der Waals surface area contributed by atoms with Crippen LogP contribution in [-0.2, 0) is 6.54 Å². The lowest BCUT2D eigenvalue weighted by Gasteiger charge is -2.06. The van der Waals surface area contributed by atoms with Gasteiger partial charge in [-0.2, -0.15) is 5.10 Å². The predicted molar refractivity (Wildman–Crippen MR) is 65.7 cm³/mol. The Morgan fingerprint density at radius 2 is 2.00 bits per heavy atom. The third kappa shape index (κ3) is 2.90. The van der Waals surface area contributed by atoms with Crippen molar-refractivity contribution in [1.82, 2.24) is 9.78 Å². The number of aromatic nitrogens is 2. The van der Waals surface area contributed by atoms with Crippen molar-refractivity contribution in [1.29, 1.82) is 0 Å². The molecule has 0 saturated heterocycles. The van der Waals surface area contributed by atoms with Crippen LogP contribution in [0.5, 0.6) is 0 Å². The zero-order chi connectivity index (χ0) is 14.9. The second-order valence-corrected chi connectivity index (χ2v) is 5.39. The Morgan fingerprint density at radius 3 is 2.50 bits per heavy atom. The number of hydrogen-bond acceptors (Lipinski definition) is 3. The quantitative estimate of drug-likeness (QED) is 0.618. The first-order valence-electron chi connectivity index (χ1n) is 5.60. The lowest BCUT2D eigenvalue weighted by Crippen LogP contribution is -2.07. The average molecular weight is 306 g/mol. The molecule has 0 aliphatic heterocycles. The van der Waals surface area contributed by atoms with Crippen LogP contribution in [0.25, 0.3) is 0 Å². The number of carbonyl (C=O) groups is 1. The lowest BCUT2D eigenvalue weighted by atomic mass is 10.2. The van der Waals surface area contributed by atoms with Crippen LogP contribution >= 0.6 is 11.3 Å². The normalized spacial score (nSPS) is 11.6. The second-order valence-electron chi connectivity index (χ2n) is 4.10. The Labute approximate surface area is 115 Å². The van der Waals surface area contributed by atoms with Crippen molar-refractivity contribution in [3.63, 3.8) is 0 Å². The Morgan fingerprint density at radius 1 is 1.30 bits per heavy atom. The molecule has 0 aliphatic carbocycles. The smallest absolute Gasteiger partial charge is 0.282 e. The van der Waals surface area contributed by atoms with Gasteiger partial charge in [-0.1, -0.05) is 0 Å². The van der Waals surface area contributed by atoms with E-state index in [9.17, 15) is 22.4 Å². The number of carbonyl (C=O) groups excluding carboxylic acids is 1. The van der Waals surface area contributed by atoms with E-state index in [-0.39, 0.29) is 6.54 Å². The standard InChI is InChI=1S/C12H10F4N2OS/c1-6-7(2-8(5-19)20-6)4-18-10(12(15)16)3-9(17-18)11(13)14/h2-3,5,11-12H,4H2,1H3. The first kappa shape index (κ1) is 14.7. The minimum absolute atomic E-state index is 0.0669. The zero-order valence-electron chi connectivity index (χ0n) is 10.3. The zero-order valence-corrected chi connectivity index (χ0v) is 11.1. The molecule has 0 saturated carbocycles. The maximum absolute atomic E-state index is 12.8. The molecule has 3 nitrogen and oxygen atoms in total. The maximum Gasteiger partial charge on any atom is 0.282 e. The van der Waals surface area contributed by atoms with Crippen molar-refractivity contribution in [3.05, 3.63) is 38.8 Å². The first-order valence-corrected chi connectivity index (χ1v) is 6.42. The molecule has 2 heterocycles. The molecule has 0 unspecified atom stereocenters. The van der Waals surface area contributed by atoms with Gasteiger partial charge in [0.25, 0.3) is 12.9 Å². The summed E-state index contributed by atoms with van der Waals surface area (Å²) >= 11 is 1.22. The van der Waals surface area contributed by atoms with E-state index in [1.54, 1.807) is 13.0 Å². The molecule has 0 aliphatic rings. The molecular formula is C12H10F4N2OS. The summed E-state index contributed by atoms with van der Waals surface area (Å²) in [4.78, 5) is 11.9. The van der Waals surface area contributed by atoms with Gasteiger partial charge in [0.1, 0.15) is 11.4 Å². The maximum atomic E-state index is 12.8. The van der Waals surface area contributed by atoms with Gasteiger partial charge in [-0.15, -0.1) is 11.3 Å². The molecule has 2 rings (SSSR count). The molecule has 0 spiro atoms. The van der Waals surface area contributed by atoms with Gasteiger partial charge in [-0.3, -0.25) is 9.48 Å². The summed E-state index contributed by atoms with van der Waals surface area (Å²) in [5.41, 5.74) is -0.620. The molecule has 0 aromatic carbocycles. The Kier molecular flexibility index (Phi) is 4.22. The van der Waals surface area contributed by atoms with Crippen molar-refractivity contribution in [2.75, 3.05) is 0 Å². The summed E-state index contributed by atoms with van der Waals surface area (Å²) in [5.74, 6) is 0. The minimum atomic E-state index is -2.90. The molecule has 0 atom stereocenters. The number of aryl methyl sites for hydroxylation is 1. The van der Waals surface area contributed by atoms with Crippen molar-refractivity contribution >= 4 is 17.6 Å². The van der Waals surface area contributed by atoms with Crippen LogP contribution in [0.1, 0.15) is 44.4 Å². The highest BCUT2D eigenvalue weighted by atomic mass is 32.1. The van der Waals surface area contributed by atoms with Crippen LogP contribution in [0.15, 0.2) is 12.1 Å². The molecule has 0 amide bonds. The van der Waals surface area contributed by atoms with E-state index in [1.807, 2.05) is 0 Å². The summed E-state index contributed by atoms with van der Waals surface area (Å²) < 4.78 is 51.6. The monoisotopic (exact) mass is 306 g/mol. The number of alkyl halides is 4. The summed E-state index contributed by atoms with van der Waals surface area (Å²) in [6, 6.07) is 2.25. The fourth-order valence-corrected chi connectivity index (χ4v) is 2.64. The van der Waals surface area contributed by atoms with Gasteiger partial charge >= 0.3 is 0 Å². The number of halogens is 4. The van der Waals surface area contributed by atoms with Crippen molar-refractivity contribution in [2.24, 2.45) is 0 Å². The highest BCUT2D eigenvalue weighted by Gasteiger charge is 2.21. The summed E-state index contributed by atoms with van der Waals surface area (Å²) in [6.45, 7) is 1.66. The summed E-state index contributed by atoms with van der Waals surface area (Å²) in [7, 11) is 0. The molecule has 0 bridgehead atoms. The van der Waals surface area contributed by atoms with Crippen LogP contribution < -0.4 is 0 Å². The number of aldehydes is 1. The number of rotatable bonds is 5. The van der Waals surface area contributed by atoms with Crippen molar-refractivity contribution < 1.29 is 22.4 Å². The number of hydrogen-bond donors (Lipinski definition) is 0. The van der Waals surface area contributed by atoms with Crippen LogP contribution in [0.2, 0.25) is 0 Å². The van der Waals surface area contributed by atoms with Crippen LogP contribution in [0, 0.1) is 6.92 Å². The molecule has 0 radical (unpaired) electrons. The molecular weight excluding hydrogens is 296 g/mol. The van der Waals surface area contributed by atoms with E-state index >= 15 is 0 Å². The van der Waals surface area contributed by atoms with Crippen LogP contribution in [-0.4, -0.2) is 16.1 Å². The van der Waals surface area contributed by atoms with Gasteiger partial charge < -0.3 is 0 Å². The molecule has 20 heavy (non-hydrogen) atoms. The van der Waals surface area contributed by atoms with Crippen LogP contribution in [0.3, 0.4) is 0 Å². The third-order valence-corrected chi connectivity index (χ3v) is 3.77. The topological polar surface area (TPSA) is 34.9 Å². The Balaban J connectivity index is 2.36. The van der Waals surface area contributed by atoms with Crippen molar-refractivity contribution in [3.8, 4) is 0 Å². The lowest BCUT2D eigenvalue weighted by molar-refractivity contribution is 0.112. The van der Waals surface area contributed by atoms with E-state index in [2.05, 4.69) is 5.10 Å².